The number of phenolic OH excluding ortho intramolecular Hbond substituents is 2. The number of carbonyl (C=O) groups is 1. The minimum atomic E-state index is -0.0745. The van der Waals surface area contributed by atoms with Crippen LogP contribution in [0.2, 0.25) is 0 Å². The smallest absolute Gasteiger partial charge is 0.246 e. The molecule has 0 bridgehead atoms. The minimum Gasteiger partial charge on any atom is -0.507 e. The van der Waals surface area contributed by atoms with Gasteiger partial charge in [0, 0.05) is 54.2 Å². The molecule has 2 N–H and O–H groups in total. The topological polar surface area (TPSA) is 64.0 Å². The van der Waals surface area contributed by atoms with Crippen LogP contribution in [0.4, 0.5) is 0 Å². The molecule has 2 aromatic rings. The van der Waals surface area contributed by atoms with E-state index >= 15 is 0 Å². The summed E-state index contributed by atoms with van der Waals surface area (Å²) in [5, 5.41) is 22.1. The van der Waals surface area contributed by atoms with Gasteiger partial charge >= 0.3 is 0 Å². The molecule has 1 aliphatic rings. The van der Waals surface area contributed by atoms with Crippen LogP contribution in [0.15, 0.2) is 30.3 Å². The van der Waals surface area contributed by atoms with Gasteiger partial charge in [0.05, 0.1) is 0 Å². The Morgan fingerprint density at radius 1 is 1.04 bits per heavy atom. The van der Waals surface area contributed by atoms with Crippen LogP contribution in [0.3, 0.4) is 0 Å². The highest BCUT2D eigenvalue weighted by molar-refractivity contribution is 5.99. The average molecular weight is 326 g/mol. The van der Waals surface area contributed by atoms with E-state index in [9.17, 15) is 15.0 Å². The molecule has 0 spiro atoms. The van der Waals surface area contributed by atoms with E-state index in [2.05, 4.69) is 4.90 Å². The van der Waals surface area contributed by atoms with Gasteiger partial charge in [0.15, 0.2) is 0 Å². The van der Waals surface area contributed by atoms with Crippen LogP contribution in [0, 0.1) is 6.92 Å². The Morgan fingerprint density at radius 3 is 2.25 bits per heavy atom. The summed E-state index contributed by atoms with van der Waals surface area (Å²) in [6.45, 7) is 4.87. The van der Waals surface area contributed by atoms with Crippen molar-refractivity contribution in [3.63, 3.8) is 0 Å². The first-order chi connectivity index (χ1) is 11.5. The van der Waals surface area contributed by atoms with E-state index in [4.69, 9.17) is 0 Å². The van der Waals surface area contributed by atoms with Crippen molar-refractivity contribution in [3.8, 4) is 11.5 Å². The average Bonchev–Trinajstić information content (AvgIpc) is 2.60. The summed E-state index contributed by atoms with van der Waals surface area (Å²) in [4.78, 5) is 16.3. The molecule has 1 amide bonds. The van der Waals surface area contributed by atoms with E-state index in [1.54, 1.807) is 36.1 Å². The lowest BCUT2D eigenvalue weighted by Gasteiger charge is -2.31. The van der Waals surface area contributed by atoms with Gasteiger partial charge < -0.3 is 20.0 Å². The van der Waals surface area contributed by atoms with Crippen molar-refractivity contribution in [2.45, 2.75) is 6.92 Å². The molecule has 126 valence electrons. The first-order valence-electron chi connectivity index (χ1n) is 8.08. The molecule has 1 heterocycles. The number of hydrogen-bond acceptors (Lipinski definition) is 4. The molecule has 1 fully saturated rings. The number of piperazine rings is 1. The van der Waals surface area contributed by atoms with Crippen molar-refractivity contribution in [2.24, 2.45) is 0 Å². The molecule has 0 unspecified atom stereocenters. The third kappa shape index (κ3) is 2.95. The predicted octanol–water partition coefficient (Wildman–Crippen LogP) is 2.35. The van der Waals surface area contributed by atoms with Crippen molar-refractivity contribution in [3.05, 3.63) is 41.5 Å². The molecule has 1 saturated heterocycles. The number of rotatable bonds is 2. The van der Waals surface area contributed by atoms with E-state index in [0.29, 0.717) is 35.0 Å². The molecule has 5 nitrogen and oxygen atoms in total. The Bertz CT molecular complexity index is 806. The number of amides is 1. The molecule has 1 aliphatic heterocycles. The standard InChI is InChI=1S/C19H22N2O3/c1-13-14(7-8-17(22)21-11-9-20(2)10-12-21)19(24)16-6-4-3-5-15(16)18(13)23/h3-8,23-24H,9-12H2,1-2H3/b8-7+. The zero-order valence-electron chi connectivity index (χ0n) is 14.0. The van der Waals surface area contributed by atoms with Gasteiger partial charge in [0.1, 0.15) is 11.5 Å². The van der Waals surface area contributed by atoms with Crippen LogP contribution in [-0.4, -0.2) is 59.1 Å². The number of likely N-dealkylation sites (N-methyl/N-ethyl adjacent to an activating group) is 1. The van der Waals surface area contributed by atoms with Crippen LogP contribution in [0.25, 0.3) is 16.8 Å². The number of fused-ring (bicyclic) bond motifs is 1. The van der Waals surface area contributed by atoms with Crippen molar-refractivity contribution in [2.75, 3.05) is 33.2 Å². The maximum absolute atomic E-state index is 12.3. The molecule has 2 aromatic carbocycles. The molecule has 5 heteroatoms. The molecule has 0 saturated carbocycles. The molecule has 0 atom stereocenters. The summed E-state index contributed by atoms with van der Waals surface area (Å²) in [6, 6.07) is 7.14. The van der Waals surface area contributed by atoms with Crippen LogP contribution < -0.4 is 0 Å². The van der Waals surface area contributed by atoms with Gasteiger partial charge in [-0.25, -0.2) is 0 Å². The first-order valence-corrected chi connectivity index (χ1v) is 8.08. The largest absolute Gasteiger partial charge is 0.507 e. The zero-order valence-corrected chi connectivity index (χ0v) is 14.0. The highest BCUT2D eigenvalue weighted by Crippen LogP contribution is 2.39. The van der Waals surface area contributed by atoms with Crippen LogP contribution in [0.1, 0.15) is 11.1 Å². The fourth-order valence-corrected chi connectivity index (χ4v) is 3.04. The van der Waals surface area contributed by atoms with Gasteiger partial charge in [0.25, 0.3) is 0 Å². The highest BCUT2D eigenvalue weighted by atomic mass is 16.3. The van der Waals surface area contributed by atoms with E-state index in [-0.39, 0.29) is 17.4 Å². The number of benzene rings is 2. The van der Waals surface area contributed by atoms with Crippen molar-refractivity contribution >= 4 is 22.8 Å². The SMILES string of the molecule is Cc1c(/C=C/C(=O)N2CCN(C)CC2)c(O)c2ccccc2c1O. The van der Waals surface area contributed by atoms with E-state index in [1.807, 2.05) is 13.1 Å². The summed E-state index contributed by atoms with van der Waals surface area (Å²) in [6.07, 6.45) is 3.07. The van der Waals surface area contributed by atoms with E-state index in [0.717, 1.165) is 13.1 Å². The number of phenols is 2. The summed E-state index contributed by atoms with van der Waals surface area (Å²) >= 11 is 0. The number of aromatic hydroxyl groups is 2. The summed E-state index contributed by atoms with van der Waals surface area (Å²) < 4.78 is 0. The molecule has 3 rings (SSSR count). The molecule has 0 aromatic heterocycles. The van der Waals surface area contributed by atoms with Gasteiger partial charge in [-0.2, -0.15) is 0 Å². The highest BCUT2D eigenvalue weighted by Gasteiger charge is 2.18. The van der Waals surface area contributed by atoms with Gasteiger partial charge in [-0.05, 0) is 20.0 Å². The van der Waals surface area contributed by atoms with Crippen molar-refractivity contribution in [1.82, 2.24) is 9.80 Å². The summed E-state index contributed by atoms with van der Waals surface area (Å²) in [5.41, 5.74) is 1.04. The van der Waals surface area contributed by atoms with Crippen molar-refractivity contribution in [1.29, 1.82) is 0 Å². The maximum atomic E-state index is 12.3. The lowest BCUT2D eigenvalue weighted by atomic mass is 9.98. The van der Waals surface area contributed by atoms with Crippen LogP contribution >= 0.6 is 0 Å². The second kappa shape index (κ2) is 6.53. The Labute approximate surface area is 141 Å². The second-order valence-electron chi connectivity index (χ2n) is 6.24. The van der Waals surface area contributed by atoms with Gasteiger partial charge in [-0.1, -0.05) is 24.3 Å². The molecule has 24 heavy (non-hydrogen) atoms. The number of nitrogens with zero attached hydrogens (tertiary/aromatic N) is 2. The van der Waals surface area contributed by atoms with Gasteiger partial charge in [0.2, 0.25) is 5.91 Å². The minimum absolute atomic E-state index is 0.0745. The molecular weight excluding hydrogens is 304 g/mol. The van der Waals surface area contributed by atoms with Crippen LogP contribution in [-0.2, 0) is 4.79 Å². The monoisotopic (exact) mass is 326 g/mol. The summed E-state index contributed by atoms with van der Waals surface area (Å²) in [7, 11) is 2.04. The van der Waals surface area contributed by atoms with Gasteiger partial charge in [-0.3, -0.25) is 4.79 Å². The predicted molar refractivity (Wildman–Crippen MR) is 95.1 cm³/mol. The summed E-state index contributed by atoms with van der Waals surface area (Å²) in [5.74, 6) is 0.146. The third-order valence-corrected chi connectivity index (χ3v) is 4.66. The third-order valence-electron chi connectivity index (χ3n) is 4.66. The Hall–Kier alpha value is -2.53. The Morgan fingerprint density at radius 2 is 1.62 bits per heavy atom. The second-order valence-corrected chi connectivity index (χ2v) is 6.24. The first kappa shape index (κ1) is 16.3. The van der Waals surface area contributed by atoms with Gasteiger partial charge in [-0.15, -0.1) is 0 Å². The Kier molecular flexibility index (Phi) is 4.44. The normalized spacial score (nSPS) is 16.2. The van der Waals surface area contributed by atoms with E-state index < -0.39 is 0 Å². The van der Waals surface area contributed by atoms with E-state index in [1.165, 1.54) is 6.08 Å². The zero-order chi connectivity index (χ0) is 17.3. The fourth-order valence-electron chi connectivity index (χ4n) is 3.04. The molecular formula is C19H22N2O3. The lowest BCUT2D eigenvalue weighted by molar-refractivity contribution is -0.127. The maximum Gasteiger partial charge on any atom is 0.246 e. The number of carbonyl (C=O) groups excluding carboxylic acids is 1. The van der Waals surface area contributed by atoms with Crippen LogP contribution in [0.5, 0.6) is 11.5 Å². The fraction of sp³-hybridized carbons (Fsp3) is 0.316. The molecule has 0 radical (unpaired) electrons. The quantitative estimate of drug-likeness (QED) is 0.657. The van der Waals surface area contributed by atoms with Crippen molar-refractivity contribution < 1.29 is 15.0 Å². The Balaban J connectivity index is 1.91. The lowest BCUT2D eigenvalue weighted by Crippen LogP contribution is -2.46. The number of hydrogen-bond donors (Lipinski definition) is 2. The molecule has 0 aliphatic carbocycles.